The Labute approximate surface area is 125 Å². The molecule has 0 saturated heterocycles. The lowest BCUT2D eigenvalue weighted by molar-refractivity contribution is -0.120. The molecular formula is C17H22N2O2. The number of carbonyl (C=O) groups is 2. The van der Waals surface area contributed by atoms with Crippen LogP contribution >= 0.6 is 0 Å². The molecule has 0 aromatic heterocycles. The van der Waals surface area contributed by atoms with Gasteiger partial charge in [0.1, 0.15) is 0 Å². The largest absolute Gasteiger partial charge is 0.326 e. The Balaban J connectivity index is 1.70. The van der Waals surface area contributed by atoms with Crippen LogP contribution < -0.4 is 10.2 Å². The third-order valence-corrected chi connectivity index (χ3v) is 4.60. The molecule has 1 fully saturated rings. The highest BCUT2D eigenvalue weighted by Crippen LogP contribution is 2.31. The number of nitrogens with one attached hydrogen (secondary N) is 1. The molecule has 1 saturated carbocycles. The van der Waals surface area contributed by atoms with Gasteiger partial charge < -0.3 is 10.2 Å². The van der Waals surface area contributed by atoms with E-state index in [0.29, 0.717) is 0 Å². The van der Waals surface area contributed by atoms with E-state index in [-0.39, 0.29) is 17.7 Å². The van der Waals surface area contributed by atoms with Crippen LogP contribution in [-0.2, 0) is 16.0 Å². The molecule has 112 valence electrons. The molecule has 0 unspecified atom stereocenters. The van der Waals surface area contributed by atoms with Crippen molar-refractivity contribution in [2.45, 2.75) is 45.4 Å². The summed E-state index contributed by atoms with van der Waals surface area (Å²) in [6, 6.07) is 5.86. The van der Waals surface area contributed by atoms with E-state index < -0.39 is 0 Å². The predicted octanol–water partition coefficient (Wildman–Crippen LogP) is 3.11. The third-order valence-electron chi connectivity index (χ3n) is 4.60. The fourth-order valence-electron chi connectivity index (χ4n) is 3.42. The lowest BCUT2D eigenvalue weighted by atomic mass is 9.88. The van der Waals surface area contributed by atoms with Gasteiger partial charge in [-0.15, -0.1) is 0 Å². The summed E-state index contributed by atoms with van der Waals surface area (Å²) < 4.78 is 0. The number of hydrogen-bond donors (Lipinski definition) is 1. The molecular weight excluding hydrogens is 264 g/mol. The van der Waals surface area contributed by atoms with Crippen molar-refractivity contribution in [3.63, 3.8) is 0 Å². The highest BCUT2D eigenvalue weighted by molar-refractivity contribution is 5.96. The maximum absolute atomic E-state index is 12.3. The number of anilines is 2. The zero-order valence-electron chi connectivity index (χ0n) is 12.5. The first-order valence-electron chi connectivity index (χ1n) is 7.87. The summed E-state index contributed by atoms with van der Waals surface area (Å²) in [5.74, 6) is 0.393. The van der Waals surface area contributed by atoms with Crippen LogP contribution in [0.2, 0.25) is 0 Å². The van der Waals surface area contributed by atoms with Crippen molar-refractivity contribution in [1.82, 2.24) is 0 Å². The summed E-state index contributed by atoms with van der Waals surface area (Å²) in [6.45, 7) is 2.33. The summed E-state index contributed by atoms with van der Waals surface area (Å²) in [5.41, 5.74) is 2.99. The van der Waals surface area contributed by atoms with E-state index in [1.165, 1.54) is 6.42 Å². The molecule has 1 heterocycles. The smallest absolute Gasteiger partial charge is 0.227 e. The Kier molecular flexibility index (Phi) is 3.95. The number of hydrogen-bond acceptors (Lipinski definition) is 2. The Morgan fingerprint density at radius 1 is 1.19 bits per heavy atom. The van der Waals surface area contributed by atoms with Gasteiger partial charge in [0, 0.05) is 30.8 Å². The second kappa shape index (κ2) is 5.88. The molecule has 1 aliphatic heterocycles. The van der Waals surface area contributed by atoms with Gasteiger partial charge in [0.05, 0.1) is 0 Å². The molecule has 1 aromatic carbocycles. The van der Waals surface area contributed by atoms with Crippen molar-refractivity contribution >= 4 is 23.2 Å². The van der Waals surface area contributed by atoms with E-state index in [1.54, 1.807) is 11.8 Å². The quantitative estimate of drug-likeness (QED) is 0.908. The highest BCUT2D eigenvalue weighted by Gasteiger charge is 2.24. The molecule has 3 rings (SSSR count). The number of rotatable bonds is 2. The third kappa shape index (κ3) is 2.94. The van der Waals surface area contributed by atoms with Crippen LogP contribution in [0, 0.1) is 5.92 Å². The van der Waals surface area contributed by atoms with E-state index in [0.717, 1.165) is 55.6 Å². The van der Waals surface area contributed by atoms with Crippen molar-refractivity contribution < 1.29 is 9.59 Å². The molecule has 0 spiro atoms. The molecule has 1 aromatic rings. The molecule has 21 heavy (non-hydrogen) atoms. The van der Waals surface area contributed by atoms with Gasteiger partial charge >= 0.3 is 0 Å². The number of carbonyl (C=O) groups excluding carboxylic acids is 2. The van der Waals surface area contributed by atoms with Crippen LogP contribution in [0.15, 0.2) is 18.2 Å². The topological polar surface area (TPSA) is 49.4 Å². The van der Waals surface area contributed by atoms with Crippen molar-refractivity contribution in [3.8, 4) is 0 Å². The van der Waals surface area contributed by atoms with Crippen molar-refractivity contribution in [3.05, 3.63) is 23.8 Å². The Morgan fingerprint density at radius 3 is 2.67 bits per heavy atom. The lowest BCUT2D eigenvalue weighted by Crippen LogP contribution is -2.26. The first kappa shape index (κ1) is 14.1. The fraction of sp³-hybridized carbons (Fsp3) is 0.529. The van der Waals surface area contributed by atoms with Crippen LogP contribution in [0.25, 0.3) is 0 Å². The van der Waals surface area contributed by atoms with Crippen LogP contribution in [0.4, 0.5) is 11.4 Å². The average molecular weight is 286 g/mol. The number of amides is 2. The van der Waals surface area contributed by atoms with Gasteiger partial charge in [0.2, 0.25) is 11.8 Å². The molecule has 2 amide bonds. The van der Waals surface area contributed by atoms with Crippen LogP contribution in [0.1, 0.15) is 44.6 Å². The summed E-state index contributed by atoms with van der Waals surface area (Å²) in [5, 5.41) is 3.04. The monoisotopic (exact) mass is 286 g/mol. The fourth-order valence-corrected chi connectivity index (χ4v) is 3.42. The SMILES string of the molecule is CC(=O)N1CCc2cc(NC(=O)C3CCCCC3)ccc21. The molecule has 0 atom stereocenters. The number of benzene rings is 1. The van der Waals surface area contributed by atoms with Crippen molar-refractivity contribution in [1.29, 1.82) is 0 Å². The minimum atomic E-state index is 0.0766. The molecule has 2 aliphatic rings. The molecule has 4 nitrogen and oxygen atoms in total. The highest BCUT2D eigenvalue weighted by atomic mass is 16.2. The number of nitrogens with zero attached hydrogens (tertiary/aromatic N) is 1. The first-order chi connectivity index (χ1) is 10.1. The first-order valence-corrected chi connectivity index (χ1v) is 7.87. The maximum atomic E-state index is 12.3. The molecule has 1 aliphatic carbocycles. The van der Waals surface area contributed by atoms with Crippen molar-refractivity contribution in [2.75, 3.05) is 16.8 Å². The van der Waals surface area contributed by atoms with Crippen molar-refractivity contribution in [2.24, 2.45) is 5.92 Å². The van der Waals surface area contributed by atoms with E-state index in [9.17, 15) is 9.59 Å². The second-order valence-electron chi connectivity index (χ2n) is 6.09. The van der Waals surface area contributed by atoms with Gasteiger partial charge in [-0.3, -0.25) is 9.59 Å². The molecule has 4 heteroatoms. The number of fused-ring (bicyclic) bond motifs is 1. The van der Waals surface area contributed by atoms with E-state index in [1.807, 2.05) is 18.2 Å². The Hall–Kier alpha value is -1.84. The minimum Gasteiger partial charge on any atom is -0.326 e. The van der Waals surface area contributed by atoms with E-state index >= 15 is 0 Å². The van der Waals surface area contributed by atoms with Gasteiger partial charge in [-0.2, -0.15) is 0 Å². The molecule has 0 radical (unpaired) electrons. The maximum Gasteiger partial charge on any atom is 0.227 e. The summed E-state index contributed by atoms with van der Waals surface area (Å²) >= 11 is 0. The van der Waals surface area contributed by atoms with Gasteiger partial charge in [0.15, 0.2) is 0 Å². The predicted molar refractivity (Wildman–Crippen MR) is 83.4 cm³/mol. The summed E-state index contributed by atoms with van der Waals surface area (Å²) in [7, 11) is 0. The lowest BCUT2D eigenvalue weighted by Gasteiger charge is -2.21. The molecule has 1 N–H and O–H groups in total. The summed E-state index contributed by atoms with van der Waals surface area (Å²) in [6.07, 6.45) is 6.46. The average Bonchev–Trinajstić information content (AvgIpc) is 2.91. The zero-order chi connectivity index (χ0) is 14.8. The second-order valence-corrected chi connectivity index (χ2v) is 6.09. The minimum absolute atomic E-state index is 0.0766. The van der Waals surface area contributed by atoms with Crippen LogP contribution in [0.3, 0.4) is 0 Å². The zero-order valence-corrected chi connectivity index (χ0v) is 12.5. The van der Waals surface area contributed by atoms with Crippen LogP contribution in [-0.4, -0.2) is 18.4 Å². The Bertz CT molecular complexity index is 562. The van der Waals surface area contributed by atoms with E-state index in [2.05, 4.69) is 5.32 Å². The standard InChI is InChI=1S/C17H22N2O2/c1-12(20)19-10-9-14-11-15(7-8-16(14)19)18-17(21)13-5-3-2-4-6-13/h7-8,11,13H,2-6,9-10H2,1H3,(H,18,21). The van der Waals surface area contributed by atoms with E-state index in [4.69, 9.17) is 0 Å². The van der Waals surface area contributed by atoms with Gasteiger partial charge in [-0.1, -0.05) is 19.3 Å². The molecule has 0 bridgehead atoms. The Morgan fingerprint density at radius 2 is 1.95 bits per heavy atom. The normalized spacial score (nSPS) is 18.4. The van der Waals surface area contributed by atoms with Gasteiger partial charge in [0.25, 0.3) is 0 Å². The van der Waals surface area contributed by atoms with Gasteiger partial charge in [-0.25, -0.2) is 0 Å². The summed E-state index contributed by atoms with van der Waals surface area (Å²) in [4.78, 5) is 25.6. The van der Waals surface area contributed by atoms with Gasteiger partial charge in [-0.05, 0) is 43.0 Å². The van der Waals surface area contributed by atoms with Crippen LogP contribution in [0.5, 0.6) is 0 Å².